The molecule has 1 aromatic carbocycles. The van der Waals surface area contributed by atoms with Gasteiger partial charge in [-0.1, -0.05) is 12.1 Å². The van der Waals surface area contributed by atoms with Gasteiger partial charge in [0.05, 0.1) is 11.4 Å². The van der Waals surface area contributed by atoms with Gasteiger partial charge in [0.1, 0.15) is 5.82 Å². The Balaban J connectivity index is 2.26. The Morgan fingerprint density at radius 3 is 2.47 bits per heavy atom. The van der Waals surface area contributed by atoms with Gasteiger partial charge in [-0.3, -0.25) is 0 Å². The molecule has 1 heterocycles. The van der Waals surface area contributed by atoms with Gasteiger partial charge in [0.15, 0.2) is 5.82 Å². The third-order valence-electron chi connectivity index (χ3n) is 2.33. The Bertz CT molecular complexity index is 493. The van der Waals surface area contributed by atoms with Gasteiger partial charge < -0.3 is 16.0 Å². The van der Waals surface area contributed by atoms with Gasteiger partial charge in [0, 0.05) is 14.1 Å². The molecule has 0 saturated heterocycles. The summed E-state index contributed by atoms with van der Waals surface area (Å²) in [5.41, 5.74) is 7.56. The maximum atomic E-state index is 5.49. The summed E-state index contributed by atoms with van der Waals surface area (Å²) in [6.07, 6.45) is 0. The molecule has 5 heteroatoms. The number of benzene rings is 1. The van der Waals surface area contributed by atoms with Crippen LogP contribution in [0.15, 0.2) is 36.4 Å². The monoisotopic (exact) mass is 229 g/mol. The number of para-hydroxylation sites is 2. The molecule has 2 aromatic rings. The van der Waals surface area contributed by atoms with Crippen molar-refractivity contribution in [3.8, 4) is 0 Å². The molecule has 17 heavy (non-hydrogen) atoms. The van der Waals surface area contributed by atoms with E-state index >= 15 is 0 Å². The molecule has 0 bridgehead atoms. The van der Waals surface area contributed by atoms with Gasteiger partial charge in [-0.2, -0.15) is 0 Å². The molecule has 0 aliphatic carbocycles. The molecule has 0 atom stereocenters. The molecule has 0 spiro atoms. The quantitative estimate of drug-likeness (QED) is 0.841. The largest absolute Gasteiger partial charge is 0.382 e. The molecule has 2 rings (SSSR count). The van der Waals surface area contributed by atoms with Crippen molar-refractivity contribution < 1.29 is 0 Å². The third kappa shape index (κ3) is 2.63. The molecule has 0 unspecified atom stereocenters. The summed E-state index contributed by atoms with van der Waals surface area (Å²) >= 11 is 0. The lowest BCUT2D eigenvalue weighted by atomic mass is 10.2. The van der Waals surface area contributed by atoms with E-state index in [1.54, 1.807) is 12.1 Å². The van der Waals surface area contributed by atoms with Crippen molar-refractivity contribution >= 4 is 23.0 Å². The van der Waals surface area contributed by atoms with Gasteiger partial charge in [-0.25, -0.2) is 0 Å². The van der Waals surface area contributed by atoms with Crippen LogP contribution in [0.1, 0.15) is 0 Å². The molecule has 5 nitrogen and oxygen atoms in total. The number of nitrogens with zero attached hydrogens (tertiary/aromatic N) is 3. The number of rotatable bonds is 3. The molecule has 0 amide bonds. The lowest BCUT2D eigenvalue weighted by Gasteiger charge is -2.17. The average molecular weight is 229 g/mol. The highest BCUT2D eigenvalue weighted by Gasteiger charge is 2.04. The van der Waals surface area contributed by atoms with Crippen LogP contribution in [0.5, 0.6) is 0 Å². The molecular weight excluding hydrogens is 214 g/mol. The molecular formula is C12H15N5. The lowest BCUT2D eigenvalue weighted by molar-refractivity contribution is 1.04. The maximum Gasteiger partial charge on any atom is 0.153 e. The summed E-state index contributed by atoms with van der Waals surface area (Å²) in [5, 5.41) is 11.0. The van der Waals surface area contributed by atoms with Crippen LogP contribution >= 0.6 is 0 Å². The number of nitrogens with two attached hydrogens (primary N) is 1. The second-order valence-electron chi connectivity index (χ2n) is 3.88. The van der Waals surface area contributed by atoms with Gasteiger partial charge in [-0.15, -0.1) is 10.2 Å². The van der Waals surface area contributed by atoms with E-state index in [2.05, 4.69) is 15.5 Å². The minimum atomic E-state index is 0.413. The predicted octanol–water partition coefficient (Wildman–Crippen LogP) is 1.87. The summed E-state index contributed by atoms with van der Waals surface area (Å²) in [7, 11) is 3.99. The fourth-order valence-electron chi connectivity index (χ4n) is 1.52. The zero-order valence-electron chi connectivity index (χ0n) is 9.88. The van der Waals surface area contributed by atoms with Crippen LogP contribution in [0.25, 0.3) is 0 Å². The second-order valence-corrected chi connectivity index (χ2v) is 3.88. The number of hydrogen-bond acceptors (Lipinski definition) is 5. The van der Waals surface area contributed by atoms with Crippen molar-refractivity contribution in [3.05, 3.63) is 36.4 Å². The van der Waals surface area contributed by atoms with E-state index in [9.17, 15) is 0 Å². The number of hydrogen-bond donors (Lipinski definition) is 2. The molecule has 88 valence electrons. The first-order valence-electron chi connectivity index (χ1n) is 5.29. The summed E-state index contributed by atoms with van der Waals surface area (Å²) in [4.78, 5) is 2.03. The Hall–Kier alpha value is -2.30. The highest BCUT2D eigenvalue weighted by atomic mass is 15.2. The van der Waals surface area contributed by atoms with E-state index in [0.717, 1.165) is 11.4 Å². The van der Waals surface area contributed by atoms with Crippen LogP contribution in [0.4, 0.5) is 23.0 Å². The fraction of sp³-hybridized carbons (Fsp3) is 0.167. The van der Waals surface area contributed by atoms with E-state index in [1.807, 2.05) is 43.3 Å². The van der Waals surface area contributed by atoms with Crippen LogP contribution in [0.2, 0.25) is 0 Å². The average Bonchev–Trinajstić information content (AvgIpc) is 2.32. The Labute approximate surface area is 100 Å². The van der Waals surface area contributed by atoms with Crippen LogP contribution in [-0.4, -0.2) is 24.3 Å². The minimum Gasteiger partial charge on any atom is -0.382 e. The zero-order valence-corrected chi connectivity index (χ0v) is 9.88. The molecule has 3 N–H and O–H groups in total. The minimum absolute atomic E-state index is 0.413. The molecule has 0 aliphatic rings. The first kappa shape index (κ1) is 11.2. The van der Waals surface area contributed by atoms with E-state index < -0.39 is 0 Å². The highest BCUT2D eigenvalue weighted by Crippen LogP contribution is 2.26. The van der Waals surface area contributed by atoms with Crippen LogP contribution in [0, 0.1) is 0 Å². The molecule has 1 aromatic heterocycles. The summed E-state index contributed by atoms with van der Waals surface area (Å²) < 4.78 is 0. The summed E-state index contributed by atoms with van der Waals surface area (Å²) in [5.74, 6) is 1.09. The number of anilines is 4. The molecule has 0 radical (unpaired) electrons. The van der Waals surface area contributed by atoms with Crippen molar-refractivity contribution in [1.82, 2.24) is 10.2 Å². The van der Waals surface area contributed by atoms with E-state index in [4.69, 9.17) is 5.73 Å². The normalized spacial score (nSPS) is 10.0. The van der Waals surface area contributed by atoms with Crippen molar-refractivity contribution in [2.24, 2.45) is 0 Å². The predicted molar refractivity (Wildman–Crippen MR) is 70.5 cm³/mol. The molecule has 0 aliphatic heterocycles. The van der Waals surface area contributed by atoms with Crippen LogP contribution < -0.4 is 16.0 Å². The first-order valence-corrected chi connectivity index (χ1v) is 5.29. The first-order chi connectivity index (χ1) is 8.16. The third-order valence-corrected chi connectivity index (χ3v) is 2.33. The standard InChI is InChI=1S/C12H15N5/c1-17(2)10-6-4-3-5-9(10)14-12-8-7-11(13)15-16-12/h3-8H,1-2H3,(H2,13,15)(H,14,16). The Morgan fingerprint density at radius 1 is 1.06 bits per heavy atom. The van der Waals surface area contributed by atoms with Gasteiger partial charge >= 0.3 is 0 Å². The topological polar surface area (TPSA) is 67.1 Å². The highest BCUT2D eigenvalue weighted by molar-refractivity contribution is 5.73. The van der Waals surface area contributed by atoms with E-state index in [-0.39, 0.29) is 0 Å². The Morgan fingerprint density at radius 2 is 1.82 bits per heavy atom. The van der Waals surface area contributed by atoms with Crippen molar-refractivity contribution in [2.75, 3.05) is 30.0 Å². The van der Waals surface area contributed by atoms with Crippen molar-refractivity contribution in [3.63, 3.8) is 0 Å². The summed E-state index contributed by atoms with van der Waals surface area (Å²) in [6, 6.07) is 11.5. The fourth-order valence-corrected chi connectivity index (χ4v) is 1.52. The lowest BCUT2D eigenvalue weighted by Crippen LogP contribution is -2.11. The molecule has 0 saturated carbocycles. The Kier molecular flexibility index (Phi) is 3.09. The van der Waals surface area contributed by atoms with Crippen molar-refractivity contribution in [1.29, 1.82) is 0 Å². The van der Waals surface area contributed by atoms with Gasteiger partial charge in [0.25, 0.3) is 0 Å². The SMILES string of the molecule is CN(C)c1ccccc1Nc1ccc(N)nn1. The molecule has 0 fully saturated rings. The van der Waals surface area contributed by atoms with Crippen molar-refractivity contribution in [2.45, 2.75) is 0 Å². The zero-order chi connectivity index (χ0) is 12.3. The van der Waals surface area contributed by atoms with Crippen LogP contribution in [-0.2, 0) is 0 Å². The van der Waals surface area contributed by atoms with Gasteiger partial charge in [0.2, 0.25) is 0 Å². The van der Waals surface area contributed by atoms with E-state index in [1.165, 1.54) is 0 Å². The van der Waals surface area contributed by atoms with Gasteiger partial charge in [-0.05, 0) is 24.3 Å². The number of nitrogen functional groups attached to an aromatic ring is 1. The van der Waals surface area contributed by atoms with E-state index in [0.29, 0.717) is 11.6 Å². The second kappa shape index (κ2) is 4.69. The number of nitrogens with one attached hydrogen (secondary N) is 1. The smallest absolute Gasteiger partial charge is 0.153 e. The maximum absolute atomic E-state index is 5.49. The van der Waals surface area contributed by atoms with Crippen LogP contribution in [0.3, 0.4) is 0 Å². The summed E-state index contributed by atoms with van der Waals surface area (Å²) in [6.45, 7) is 0. The number of aromatic nitrogens is 2.